The Labute approximate surface area is 145 Å². The zero-order valence-electron chi connectivity index (χ0n) is 14.2. The summed E-state index contributed by atoms with van der Waals surface area (Å²) in [5.41, 5.74) is 0. The average Bonchev–Trinajstić information content (AvgIpc) is 2.51. The van der Waals surface area contributed by atoms with Crippen LogP contribution in [0.4, 0.5) is 0 Å². The van der Waals surface area contributed by atoms with E-state index >= 15 is 0 Å². The minimum atomic E-state index is 0.392. The number of hydrogen-bond acceptors (Lipinski definition) is 2. The quantitative estimate of drug-likeness (QED) is 0.355. The molecule has 0 N–H and O–H groups in total. The molecular formula is C19H34NOSe. The molecule has 0 spiro atoms. The van der Waals surface area contributed by atoms with Gasteiger partial charge in [-0.3, -0.25) is 0 Å². The third-order valence-electron chi connectivity index (χ3n) is 5.18. The van der Waals surface area contributed by atoms with E-state index in [1.54, 1.807) is 0 Å². The van der Waals surface area contributed by atoms with Crippen molar-refractivity contribution in [3.8, 4) is 0 Å². The molecular weight excluding hydrogens is 337 g/mol. The predicted octanol–water partition coefficient (Wildman–Crippen LogP) is 5.53. The van der Waals surface area contributed by atoms with Crippen molar-refractivity contribution in [3.05, 3.63) is 0 Å². The second-order valence-corrected chi connectivity index (χ2v) is 7.92. The third kappa shape index (κ3) is 8.01. The molecule has 22 heavy (non-hydrogen) atoms. The van der Waals surface area contributed by atoms with E-state index in [1.165, 1.54) is 103 Å². The SMILES string of the molecule is [Se]C(=NC1CCCCC1)OC1CCCCCCCCCCC1. The summed E-state index contributed by atoms with van der Waals surface area (Å²) in [6, 6.07) is 0.510. The van der Waals surface area contributed by atoms with Gasteiger partial charge in [0.1, 0.15) is 0 Å². The molecule has 0 saturated heterocycles. The van der Waals surface area contributed by atoms with Gasteiger partial charge in [0, 0.05) is 0 Å². The Morgan fingerprint density at radius 1 is 0.636 bits per heavy atom. The van der Waals surface area contributed by atoms with Crippen LogP contribution in [0.5, 0.6) is 0 Å². The number of aliphatic imine (C=N–C) groups is 1. The van der Waals surface area contributed by atoms with Gasteiger partial charge in [-0.2, -0.15) is 0 Å². The molecule has 2 rings (SSSR count). The Balaban J connectivity index is 1.76. The first-order chi connectivity index (χ1) is 10.8. The van der Waals surface area contributed by atoms with Crippen molar-refractivity contribution in [2.75, 3.05) is 0 Å². The molecule has 2 aliphatic rings. The van der Waals surface area contributed by atoms with E-state index in [0.717, 1.165) is 4.80 Å². The zero-order valence-corrected chi connectivity index (χ0v) is 15.9. The molecule has 0 unspecified atom stereocenters. The Kier molecular flexibility index (Phi) is 9.59. The van der Waals surface area contributed by atoms with E-state index in [1.807, 2.05) is 0 Å². The fraction of sp³-hybridized carbons (Fsp3) is 0.947. The van der Waals surface area contributed by atoms with Gasteiger partial charge in [0.05, 0.1) is 0 Å². The molecule has 0 aromatic carbocycles. The van der Waals surface area contributed by atoms with Gasteiger partial charge in [-0.1, -0.05) is 0 Å². The maximum atomic E-state index is 6.19. The van der Waals surface area contributed by atoms with Crippen molar-refractivity contribution >= 4 is 20.8 Å². The number of nitrogens with zero attached hydrogens (tertiary/aromatic N) is 1. The second-order valence-electron chi connectivity index (χ2n) is 7.19. The van der Waals surface area contributed by atoms with E-state index in [4.69, 9.17) is 9.73 Å². The minimum absolute atomic E-state index is 0.392. The van der Waals surface area contributed by atoms with Gasteiger partial charge in [-0.25, -0.2) is 0 Å². The first-order valence-corrected chi connectivity index (χ1v) is 10.6. The molecule has 0 bridgehead atoms. The Morgan fingerprint density at radius 3 is 1.59 bits per heavy atom. The van der Waals surface area contributed by atoms with E-state index < -0.39 is 0 Å². The molecule has 0 heterocycles. The molecule has 1 radical (unpaired) electrons. The predicted molar refractivity (Wildman–Crippen MR) is 95.7 cm³/mol. The van der Waals surface area contributed by atoms with E-state index in [0.29, 0.717) is 12.1 Å². The molecule has 0 aromatic rings. The molecule has 0 aliphatic heterocycles. The van der Waals surface area contributed by atoms with Crippen molar-refractivity contribution in [1.29, 1.82) is 0 Å². The van der Waals surface area contributed by atoms with Crippen LogP contribution in [0.15, 0.2) is 4.99 Å². The fourth-order valence-electron chi connectivity index (χ4n) is 3.78. The van der Waals surface area contributed by atoms with E-state index in [-0.39, 0.29) is 0 Å². The standard InChI is InChI=1S/C19H34NOSe/c22-19(20-17-13-9-8-10-14-17)21-18-15-11-6-4-2-1-3-5-7-12-16-18/h17-18H,1-16H2. The monoisotopic (exact) mass is 372 g/mol. The molecule has 0 amide bonds. The van der Waals surface area contributed by atoms with Crippen molar-refractivity contribution in [1.82, 2.24) is 0 Å². The molecule has 127 valence electrons. The van der Waals surface area contributed by atoms with Crippen LogP contribution in [-0.2, 0) is 4.74 Å². The van der Waals surface area contributed by atoms with E-state index in [2.05, 4.69) is 16.0 Å². The molecule has 2 aliphatic carbocycles. The molecule has 3 heteroatoms. The average molecular weight is 371 g/mol. The van der Waals surface area contributed by atoms with Crippen LogP contribution in [-0.4, -0.2) is 33.0 Å². The first-order valence-electron chi connectivity index (χ1n) is 9.76. The topological polar surface area (TPSA) is 21.6 Å². The van der Waals surface area contributed by atoms with Crippen molar-refractivity contribution in [2.24, 2.45) is 4.99 Å². The van der Waals surface area contributed by atoms with Crippen molar-refractivity contribution in [3.63, 3.8) is 0 Å². The van der Waals surface area contributed by atoms with Gasteiger partial charge in [0.25, 0.3) is 0 Å². The normalized spacial score (nSPS) is 25.2. The Bertz CT molecular complexity index is 301. The van der Waals surface area contributed by atoms with Crippen molar-refractivity contribution < 1.29 is 4.74 Å². The van der Waals surface area contributed by atoms with Gasteiger partial charge in [-0.15, -0.1) is 0 Å². The molecule has 0 atom stereocenters. The summed E-state index contributed by atoms with van der Waals surface area (Å²) in [7, 11) is 0. The van der Waals surface area contributed by atoms with E-state index in [9.17, 15) is 0 Å². The second kappa shape index (κ2) is 11.5. The summed E-state index contributed by atoms with van der Waals surface area (Å²) in [5.74, 6) is 0. The van der Waals surface area contributed by atoms with Crippen LogP contribution in [0.2, 0.25) is 0 Å². The summed E-state index contributed by atoms with van der Waals surface area (Å²) in [5, 5.41) is 0. The van der Waals surface area contributed by atoms with Gasteiger partial charge in [0.2, 0.25) is 0 Å². The number of ether oxygens (including phenoxy) is 1. The molecule has 0 aromatic heterocycles. The summed E-state index contributed by atoms with van der Waals surface area (Å²) in [4.78, 5) is 5.64. The van der Waals surface area contributed by atoms with Gasteiger partial charge in [0.15, 0.2) is 0 Å². The third-order valence-corrected chi connectivity index (χ3v) is 5.61. The number of rotatable bonds is 2. The van der Waals surface area contributed by atoms with Crippen molar-refractivity contribution in [2.45, 2.75) is 115 Å². The van der Waals surface area contributed by atoms with Gasteiger partial charge < -0.3 is 0 Å². The van der Waals surface area contributed by atoms with Crippen LogP contribution in [0.3, 0.4) is 0 Å². The van der Waals surface area contributed by atoms with Crippen LogP contribution in [0.1, 0.15) is 103 Å². The number of hydrogen-bond donors (Lipinski definition) is 0. The van der Waals surface area contributed by atoms with Crippen LogP contribution >= 0.6 is 0 Å². The zero-order chi connectivity index (χ0) is 15.5. The Hall–Kier alpha value is -0.0105. The first kappa shape index (κ1) is 18.3. The van der Waals surface area contributed by atoms with Crippen LogP contribution in [0, 0.1) is 0 Å². The molecule has 2 saturated carbocycles. The summed E-state index contributed by atoms with van der Waals surface area (Å²) < 4.78 is 6.19. The molecule has 2 fully saturated rings. The van der Waals surface area contributed by atoms with Gasteiger partial charge in [-0.05, 0) is 0 Å². The molecule has 2 nitrogen and oxygen atoms in total. The van der Waals surface area contributed by atoms with Crippen LogP contribution < -0.4 is 0 Å². The Morgan fingerprint density at radius 2 is 1.05 bits per heavy atom. The maximum absolute atomic E-state index is 6.19. The fourth-order valence-corrected chi connectivity index (χ4v) is 4.37. The summed E-state index contributed by atoms with van der Waals surface area (Å²) >= 11 is 3.09. The summed E-state index contributed by atoms with van der Waals surface area (Å²) in [6.45, 7) is 0. The summed E-state index contributed by atoms with van der Waals surface area (Å²) in [6.07, 6.45) is 21.9. The van der Waals surface area contributed by atoms with Gasteiger partial charge >= 0.3 is 145 Å². The van der Waals surface area contributed by atoms with Crippen LogP contribution in [0.25, 0.3) is 0 Å².